The van der Waals surface area contributed by atoms with E-state index in [2.05, 4.69) is 11.7 Å². The summed E-state index contributed by atoms with van der Waals surface area (Å²) < 4.78 is 16.5. The van der Waals surface area contributed by atoms with Gasteiger partial charge < -0.3 is 23.8 Å². The van der Waals surface area contributed by atoms with Crippen LogP contribution in [0.2, 0.25) is 0 Å². The maximum Gasteiger partial charge on any atom is 0.349 e. The number of hydrogen-bond acceptors (Lipinski definition) is 7. The van der Waals surface area contributed by atoms with E-state index in [1.165, 1.54) is 13.2 Å². The van der Waals surface area contributed by atoms with E-state index in [9.17, 15) is 9.90 Å². The predicted octanol–water partition coefficient (Wildman–Crippen LogP) is 2.76. The van der Waals surface area contributed by atoms with Gasteiger partial charge in [0.25, 0.3) is 0 Å². The Morgan fingerprint density at radius 3 is 2.84 bits per heavy atom. The van der Waals surface area contributed by atoms with E-state index in [4.69, 9.17) is 18.7 Å². The molecule has 7 heteroatoms. The molecule has 7 nitrogen and oxygen atoms in total. The number of oxime groups is 1. The van der Waals surface area contributed by atoms with Gasteiger partial charge in [0.15, 0.2) is 0 Å². The molecule has 0 bridgehead atoms. The second kappa shape index (κ2) is 8.34. The lowest BCUT2D eigenvalue weighted by atomic mass is 10.1. The molecule has 0 saturated heterocycles. The highest BCUT2D eigenvalue weighted by molar-refractivity contribution is 6.07. The Labute approximate surface area is 145 Å². The SMILES string of the molecule is C=CCOc1c(/C(COCC)=N/OC)c(=O)oc2c(C)c(O)ccc12. The Morgan fingerprint density at radius 1 is 1.44 bits per heavy atom. The lowest BCUT2D eigenvalue weighted by molar-refractivity contribution is 0.175. The highest BCUT2D eigenvalue weighted by atomic mass is 16.6. The molecule has 1 aromatic heterocycles. The number of nitrogens with zero attached hydrogens (tertiary/aromatic N) is 1. The molecule has 0 aliphatic heterocycles. The first-order valence-electron chi connectivity index (χ1n) is 7.76. The number of rotatable bonds is 8. The van der Waals surface area contributed by atoms with Crippen molar-refractivity contribution in [2.45, 2.75) is 13.8 Å². The maximum absolute atomic E-state index is 12.6. The van der Waals surface area contributed by atoms with E-state index in [0.29, 0.717) is 17.6 Å². The highest BCUT2D eigenvalue weighted by Crippen LogP contribution is 2.33. The monoisotopic (exact) mass is 347 g/mol. The molecule has 0 atom stereocenters. The minimum Gasteiger partial charge on any atom is -0.508 e. The van der Waals surface area contributed by atoms with Gasteiger partial charge in [-0.25, -0.2) is 4.79 Å². The van der Waals surface area contributed by atoms with Gasteiger partial charge in [-0.2, -0.15) is 0 Å². The van der Waals surface area contributed by atoms with Crippen molar-refractivity contribution in [3.8, 4) is 11.5 Å². The van der Waals surface area contributed by atoms with E-state index < -0.39 is 5.63 Å². The van der Waals surface area contributed by atoms with Crippen molar-refractivity contribution >= 4 is 16.7 Å². The molecule has 2 aromatic rings. The zero-order chi connectivity index (χ0) is 18.4. The molecule has 0 aliphatic rings. The molecule has 0 saturated carbocycles. The molecule has 0 radical (unpaired) electrons. The molecule has 1 heterocycles. The number of fused-ring (bicyclic) bond motifs is 1. The van der Waals surface area contributed by atoms with Crippen LogP contribution in [0.1, 0.15) is 18.1 Å². The van der Waals surface area contributed by atoms with Crippen molar-refractivity contribution in [2.24, 2.45) is 5.16 Å². The summed E-state index contributed by atoms with van der Waals surface area (Å²) in [7, 11) is 1.38. The summed E-state index contributed by atoms with van der Waals surface area (Å²) in [5, 5.41) is 14.3. The molecule has 134 valence electrons. The van der Waals surface area contributed by atoms with Gasteiger partial charge in [0, 0.05) is 12.2 Å². The Morgan fingerprint density at radius 2 is 2.20 bits per heavy atom. The summed E-state index contributed by atoms with van der Waals surface area (Å²) in [4.78, 5) is 17.5. The van der Waals surface area contributed by atoms with Gasteiger partial charge in [0.05, 0.1) is 12.0 Å². The molecule has 0 aliphatic carbocycles. The van der Waals surface area contributed by atoms with Crippen LogP contribution in [0.5, 0.6) is 11.5 Å². The van der Waals surface area contributed by atoms with Gasteiger partial charge >= 0.3 is 5.63 Å². The lowest BCUT2D eigenvalue weighted by Gasteiger charge is -2.14. The summed E-state index contributed by atoms with van der Waals surface area (Å²) >= 11 is 0. The Hall–Kier alpha value is -2.80. The van der Waals surface area contributed by atoms with Crippen molar-refractivity contribution in [2.75, 3.05) is 26.9 Å². The summed E-state index contributed by atoms with van der Waals surface area (Å²) in [5.74, 6) is 0.308. The number of hydrogen-bond donors (Lipinski definition) is 1. The Bertz CT molecular complexity index is 853. The molecule has 2 rings (SSSR count). The normalized spacial score (nSPS) is 11.6. The number of phenolic OH excluding ortho intramolecular Hbond substituents is 1. The highest BCUT2D eigenvalue weighted by Gasteiger charge is 2.23. The van der Waals surface area contributed by atoms with Crippen LogP contribution in [-0.4, -0.2) is 37.7 Å². The summed E-state index contributed by atoms with van der Waals surface area (Å²) in [6, 6.07) is 3.13. The Kier molecular flexibility index (Phi) is 6.19. The molecule has 0 unspecified atom stereocenters. The third-order valence-electron chi connectivity index (χ3n) is 3.53. The molecule has 0 fully saturated rings. The minimum atomic E-state index is -0.657. The second-order valence-corrected chi connectivity index (χ2v) is 5.14. The standard InChI is InChI=1S/C18H21NO6/c1-5-9-24-17-12-7-8-14(20)11(3)16(12)25-18(21)15(17)13(19-22-4)10-23-6-2/h5,7-8,20H,1,6,9-10H2,2-4H3/b19-13+. The number of benzene rings is 1. The average molecular weight is 347 g/mol. The Balaban J connectivity index is 2.79. The minimum absolute atomic E-state index is 0.0261. The second-order valence-electron chi connectivity index (χ2n) is 5.14. The van der Waals surface area contributed by atoms with Crippen LogP contribution in [0.4, 0.5) is 0 Å². The van der Waals surface area contributed by atoms with Gasteiger partial charge in [0.2, 0.25) is 0 Å². The van der Waals surface area contributed by atoms with E-state index in [-0.39, 0.29) is 41.6 Å². The first-order chi connectivity index (χ1) is 12.0. The van der Waals surface area contributed by atoms with E-state index in [0.717, 1.165) is 0 Å². The van der Waals surface area contributed by atoms with Crippen LogP contribution in [0.3, 0.4) is 0 Å². The maximum atomic E-state index is 12.6. The first kappa shape index (κ1) is 18.5. The van der Waals surface area contributed by atoms with Gasteiger partial charge in [0.1, 0.15) is 42.1 Å². The largest absolute Gasteiger partial charge is 0.508 e. The molecular formula is C18H21NO6. The van der Waals surface area contributed by atoms with E-state index in [1.54, 1.807) is 19.1 Å². The summed E-state index contributed by atoms with van der Waals surface area (Å²) in [6.45, 7) is 7.79. The van der Waals surface area contributed by atoms with E-state index >= 15 is 0 Å². The fourth-order valence-electron chi connectivity index (χ4n) is 2.36. The molecule has 1 aromatic carbocycles. The molecule has 0 spiro atoms. The van der Waals surface area contributed by atoms with Crippen LogP contribution >= 0.6 is 0 Å². The molecule has 1 N–H and O–H groups in total. The van der Waals surface area contributed by atoms with Crippen LogP contribution in [0.15, 0.2) is 39.2 Å². The lowest BCUT2D eigenvalue weighted by Crippen LogP contribution is -2.22. The third-order valence-corrected chi connectivity index (χ3v) is 3.53. The smallest absolute Gasteiger partial charge is 0.349 e. The summed E-state index contributed by atoms with van der Waals surface area (Å²) in [6.07, 6.45) is 1.56. The zero-order valence-electron chi connectivity index (χ0n) is 14.5. The van der Waals surface area contributed by atoms with Crippen LogP contribution < -0.4 is 10.4 Å². The first-order valence-corrected chi connectivity index (χ1v) is 7.76. The number of aryl methyl sites for hydroxylation is 1. The van der Waals surface area contributed by atoms with Crippen molar-refractivity contribution in [1.29, 1.82) is 0 Å². The van der Waals surface area contributed by atoms with Crippen molar-refractivity contribution in [3.63, 3.8) is 0 Å². The molecular weight excluding hydrogens is 326 g/mol. The topological polar surface area (TPSA) is 90.5 Å². The fourth-order valence-corrected chi connectivity index (χ4v) is 2.36. The van der Waals surface area contributed by atoms with Crippen molar-refractivity contribution in [3.05, 3.63) is 46.3 Å². The van der Waals surface area contributed by atoms with Gasteiger partial charge in [-0.05, 0) is 26.0 Å². The fraction of sp³-hybridized carbons (Fsp3) is 0.333. The van der Waals surface area contributed by atoms with Crippen molar-refractivity contribution in [1.82, 2.24) is 0 Å². The van der Waals surface area contributed by atoms with Crippen LogP contribution in [0.25, 0.3) is 11.0 Å². The van der Waals surface area contributed by atoms with Gasteiger partial charge in [-0.1, -0.05) is 17.8 Å². The third kappa shape index (κ3) is 3.83. The summed E-state index contributed by atoms with van der Waals surface area (Å²) in [5.41, 5.74) is 0.413. The van der Waals surface area contributed by atoms with Crippen molar-refractivity contribution < 1.29 is 23.8 Å². The van der Waals surface area contributed by atoms with Gasteiger partial charge in [-0.15, -0.1) is 0 Å². The number of aromatic hydroxyl groups is 1. The zero-order valence-corrected chi connectivity index (χ0v) is 14.5. The molecule has 0 amide bonds. The quantitative estimate of drug-likeness (QED) is 0.342. The van der Waals surface area contributed by atoms with Crippen LogP contribution in [0, 0.1) is 6.92 Å². The van der Waals surface area contributed by atoms with Gasteiger partial charge in [-0.3, -0.25) is 0 Å². The molecule has 25 heavy (non-hydrogen) atoms. The average Bonchev–Trinajstić information content (AvgIpc) is 2.60. The predicted molar refractivity (Wildman–Crippen MR) is 94.6 cm³/mol. The number of ether oxygens (including phenoxy) is 2. The van der Waals surface area contributed by atoms with E-state index in [1.807, 2.05) is 6.92 Å². The number of phenols is 1. The van der Waals surface area contributed by atoms with Crippen LogP contribution in [-0.2, 0) is 9.57 Å².